The summed E-state index contributed by atoms with van der Waals surface area (Å²) in [5.74, 6) is -0.441. The number of rotatable bonds is 2. The Morgan fingerprint density at radius 3 is 2.73 bits per heavy atom. The fourth-order valence-electron chi connectivity index (χ4n) is 2.75. The molecule has 1 atom stereocenters. The monoisotopic (exact) mass is 309 g/mol. The molecule has 2 heterocycles. The fraction of sp³-hybridized carbons (Fsp3) is 0.600. The van der Waals surface area contributed by atoms with Gasteiger partial charge in [-0.3, -0.25) is 0 Å². The summed E-state index contributed by atoms with van der Waals surface area (Å²) in [7, 11) is 3.05. The third-order valence-electron chi connectivity index (χ3n) is 3.51. The standard InChI is InChI=1S/C15H23N3O4/c1-10-7-18(9-15(2,3)22-10)14(20)16-11-6-12(13(19)21-5)17(4)8-11/h6,8,10H,7,9H2,1-5H3,(H,16,20). The van der Waals surface area contributed by atoms with Gasteiger partial charge >= 0.3 is 12.0 Å². The molecule has 1 unspecified atom stereocenters. The molecule has 7 heteroatoms. The first-order chi connectivity index (χ1) is 10.2. The van der Waals surface area contributed by atoms with Gasteiger partial charge in [0.2, 0.25) is 0 Å². The number of aromatic nitrogens is 1. The Labute approximate surface area is 130 Å². The van der Waals surface area contributed by atoms with Crippen LogP contribution in [-0.2, 0) is 16.5 Å². The molecule has 122 valence electrons. The molecule has 22 heavy (non-hydrogen) atoms. The summed E-state index contributed by atoms with van der Waals surface area (Å²) in [6.07, 6.45) is 1.66. The Hall–Kier alpha value is -2.02. The van der Waals surface area contributed by atoms with E-state index in [0.717, 1.165) is 0 Å². The smallest absolute Gasteiger partial charge is 0.354 e. The van der Waals surface area contributed by atoms with Crippen LogP contribution in [0.1, 0.15) is 31.3 Å². The maximum Gasteiger partial charge on any atom is 0.354 e. The number of ether oxygens (including phenoxy) is 2. The van der Waals surface area contributed by atoms with E-state index in [0.29, 0.717) is 24.5 Å². The van der Waals surface area contributed by atoms with Crippen molar-refractivity contribution in [1.29, 1.82) is 0 Å². The van der Waals surface area contributed by atoms with Crippen molar-refractivity contribution >= 4 is 17.7 Å². The van der Waals surface area contributed by atoms with Crippen LogP contribution in [0.5, 0.6) is 0 Å². The number of nitrogens with one attached hydrogen (secondary N) is 1. The number of nitrogens with zero attached hydrogens (tertiary/aromatic N) is 2. The van der Waals surface area contributed by atoms with E-state index < -0.39 is 5.97 Å². The van der Waals surface area contributed by atoms with Gasteiger partial charge in [0.25, 0.3) is 0 Å². The third-order valence-corrected chi connectivity index (χ3v) is 3.51. The van der Waals surface area contributed by atoms with Crippen molar-refractivity contribution in [3.8, 4) is 0 Å². The largest absolute Gasteiger partial charge is 0.464 e. The number of esters is 1. The molecule has 1 aliphatic heterocycles. The molecule has 1 aromatic rings. The van der Waals surface area contributed by atoms with E-state index in [4.69, 9.17) is 9.47 Å². The number of carbonyl (C=O) groups is 2. The average Bonchev–Trinajstić information content (AvgIpc) is 2.76. The molecule has 0 bridgehead atoms. The number of hydrogen-bond acceptors (Lipinski definition) is 4. The van der Waals surface area contributed by atoms with E-state index in [1.165, 1.54) is 7.11 Å². The first-order valence-corrected chi connectivity index (χ1v) is 7.20. The lowest BCUT2D eigenvalue weighted by Crippen LogP contribution is -2.54. The van der Waals surface area contributed by atoms with Crippen LogP contribution < -0.4 is 5.32 Å². The van der Waals surface area contributed by atoms with E-state index in [1.54, 1.807) is 28.8 Å². The van der Waals surface area contributed by atoms with Gasteiger partial charge in [0.15, 0.2) is 0 Å². The molecule has 2 rings (SSSR count). The minimum absolute atomic E-state index is 0.0177. The second-order valence-electron chi connectivity index (χ2n) is 6.22. The van der Waals surface area contributed by atoms with Gasteiger partial charge in [0.1, 0.15) is 5.69 Å². The molecule has 2 amide bonds. The van der Waals surface area contributed by atoms with Gasteiger partial charge in [0, 0.05) is 19.8 Å². The quantitative estimate of drug-likeness (QED) is 0.846. The summed E-state index contributed by atoms with van der Waals surface area (Å²) in [5, 5.41) is 2.81. The van der Waals surface area contributed by atoms with Gasteiger partial charge in [0.05, 0.1) is 31.0 Å². The van der Waals surface area contributed by atoms with Crippen molar-refractivity contribution in [3.63, 3.8) is 0 Å². The molecule has 0 saturated carbocycles. The lowest BCUT2D eigenvalue weighted by atomic mass is 10.1. The lowest BCUT2D eigenvalue weighted by Gasteiger charge is -2.41. The molecule has 1 aliphatic rings. The number of urea groups is 1. The molecule has 0 aromatic carbocycles. The first-order valence-electron chi connectivity index (χ1n) is 7.20. The molecular weight excluding hydrogens is 286 g/mol. The topological polar surface area (TPSA) is 72.8 Å². The minimum atomic E-state index is -0.441. The lowest BCUT2D eigenvalue weighted by molar-refractivity contribution is -0.116. The Balaban J connectivity index is 2.07. The average molecular weight is 309 g/mol. The van der Waals surface area contributed by atoms with Gasteiger partial charge in [-0.2, -0.15) is 0 Å². The van der Waals surface area contributed by atoms with Crippen LogP contribution in [0, 0.1) is 0 Å². The number of carbonyl (C=O) groups excluding carboxylic acids is 2. The zero-order valence-corrected chi connectivity index (χ0v) is 13.7. The maximum atomic E-state index is 12.4. The van der Waals surface area contributed by atoms with Crippen molar-refractivity contribution in [3.05, 3.63) is 18.0 Å². The van der Waals surface area contributed by atoms with Crippen molar-refractivity contribution in [2.45, 2.75) is 32.5 Å². The number of amides is 2. The zero-order chi connectivity index (χ0) is 16.5. The van der Waals surface area contributed by atoms with Gasteiger partial charge < -0.3 is 24.3 Å². The van der Waals surface area contributed by atoms with Crippen LogP contribution >= 0.6 is 0 Å². The molecule has 1 fully saturated rings. The van der Waals surface area contributed by atoms with E-state index in [9.17, 15) is 9.59 Å². The summed E-state index contributed by atoms with van der Waals surface area (Å²) in [6.45, 7) is 6.91. The van der Waals surface area contributed by atoms with Crippen molar-refractivity contribution in [1.82, 2.24) is 9.47 Å². The molecular formula is C15H23N3O4. The van der Waals surface area contributed by atoms with Crippen LogP contribution in [-0.4, -0.2) is 53.4 Å². The van der Waals surface area contributed by atoms with Crippen LogP contribution in [0.3, 0.4) is 0 Å². The van der Waals surface area contributed by atoms with E-state index in [2.05, 4.69) is 5.32 Å². The molecule has 0 radical (unpaired) electrons. The third kappa shape index (κ3) is 3.59. The number of morpholine rings is 1. The predicted octanol–water partition coefficient (Wildman–Crippen LogP) is 1.84. The van der Waals surface area contributed by atoms with Gasteiger partial charge in [-0.1, -0.05) is 0 Å². The summed E-state index contributed by atoms with van der Waals surface area (Å²) in [5.41, 5.74) is 0.571. The van der Waals surface area contributed by atoms with Gasteiger partial charge in [-0.05, 0) is 26.8 Å². The number of anilines is 1. The van der Waals surface area contributed by atoms with Crippen molar-refractivity contribution in [2.75, 3.05) is 25.5 Å². The summed E-state index contributed by atoms with van der Waals surface area (Å²) in [6, 6.07) is 1.39. The SMILES string of the molecule is COC(=O)c1cc(NC(=O)N2CC(C)OC(C)(C)C2)cn1C. The summed E-state index contributed by atoms with van der Waals surface area (Å²) < 4.78 is 12.1. The second kappa shape index (κ2) is 6.00. The zero-order valence-electron chi connectivity index (χ0n) is 13.7. The predicted molar refractivity (Wildman–Crippen MR) is 82.0 cm³/mol. The minimum Gasteiger partial charge on any atom is -0.464 e. The molecule has 1 aromatic heterocycles. The Kier molecular flexibility index (Phi) is 4.46. The van der Waals surface area contributed by atoms with E-state index in [-0.39, 0.29) is 17.7 Å². The molecule has 1 saturated heterocycles. The van der Waals surface area contributed by atoms with E-state index in [1.807, 2.05) is 20.8 Å². The Bertz CT molecular complexity index is 579. The van der Waals surface area contributed by atoms with Gasteiger partial charge in [-0.15, -0.1) is 0 Å². The van der Waals surface area contributed by atoms with Gasteiger partial charge in [-0.25, -0.2) is 9.59 Å². The Morgan fingerprint density at radius 2 is 2.14 bits per heavy atom. The Morgan fingerprint density at radius 1 is 1.45 bits per heavy atom. The first kappa shape index (κ1) is 16.4. The molecule has 0 spiro atoms. The van der Waals surface area contributed by atoms with Crippen LogP contribution in [0.4, 0.5) is 10.5 Å². The van der Waals surface area contributed by atoms with Crippen LogP contribution in [0.15, 0.2) is 12.3 Å². The summed E-state index contributed by atoms with van der Waals surface area (Å²) >= 11 is 0. The number of hydrogen-bond donors (Lipinski definition) is 1. The highest BCUT2D eigenvalue weighted by Crippen LogP contribution is 2.22. The molecule has 1 N–H and O–H groups in total. The highest BCUT2D eigenvalue weighted by molar-refractivity contribution is 5.93. The molecule has 7 nitrogen and oxygen atoms in total. The summed E-state index contributed by atoms with van der Waals surface area (Å²) in [4.78, 5) is 25.7. The second-order valence-corrected chi connectivity index (χ2v) is 6.22. The van der Waals surface area contributed by atoms with E-state index >= 15 is 0 Å². The number of methoxy groups -OCH3 is 1. The van der Waals surface area contributed by atoms with Crippen LogP contribution in [0.2, 0.25) is 0 Å². The fourth-order valence-corrected chi connectivity index (χ4v) is 2.75. The van der Waals surface area contributed by atoms with Crippen LogP contribution in [0.25, 0.3) is 0 Å². The highest BCUT2D eigenvalue weighted by Gasteiger charge is 2.33. The van der Waals surface area contributed by atoms with Crippen molar-refractivity contribution < 1.29 is 19.1 Å². The van der Waals surface area contributed by atoms with Crippen molar-refractivity contribution in [2.24, 2.45) is 7.05 Å². The maximum absolute atomic E-state index is 12.4. The highest BCUT2D eigenvalue weighted by atomic mass is 16.5. The molecule has 0 aliphatic carbocycles. The normalized spacial score (nSPS) is 20.6. The number of aryl methyl sites for hydroxylation is 1.